The summed E-state index contributed by atoms with van der Waals surface area (Å²) in [5, 5.41) is 9.62. The number of aromatic nitrogens is 3. The van der Waals surface area contributed by atoms with Crippen LogP contribution in [-0.4, -0.2) is 40.8 Å². The van der Waals surface area contributed by atoms with E-state index < -0.39 is 10.0 Å². The van der Waals surface area contributed by atoms with Gasteiger partial charge >= 0.3 is 0 Å². The Balaban J connectivity index is 1.40. The first-order valence-corrected chi connectivity index (χ1v) is 10.2. The Morgan fingerprint density at radius 3 is 2.44 bits per heavy atom. The van der Waals surface area contributed by atoms with Crippen LogP contribution in [0.3, 0.4) is 0 Å². The normalized spacial score (nSPS) is 15.9. The topological polar surface area (TPSA) is 68.1 Å². The van der Waals surface area contributed by atoms with Crippen molar-refractivity contribution in [1.29, 1.82) is 0 Å². The van der Waals surface area contributed by atoms with Gasteiger partial charge in [0.05, 0.1) is 12.2 Å². The molecule has 4 rings (SSSR count). The molecule has 1 aliphatic heterocycles. The molecule has 0 amide bonds. The molecule has 7 heteroatoms. The minimum atomic E-state index is -3.43. The molecular formula is C20H20N4O2S. The van der Waals surface area contributed by atoms with Gasteiger partial charge < -0.3 is 0 Å². The molecule has 0 aliphatic carbocycles. The molecule has 0 spiro atoms. The van der Waals surface area contributed by atoms with Gasteiger partial charge in [0.15, 0.2) is 0 Å². The molecule has 2 heterocycles. The molecule has 1 saturated heterocycles. The van der Waals surface area contributed by atoms with Crippen LogP contribution in [0.5, 0.6) is 0 Å². The average molecular weight is 380 g/mol. The summed E-state index contributed by atoms with van der Waals surface area (Å²) in [5.41, 5.74) is 3.79. The van der Waals surface area contributed by atoms with Crippen molar-refractivity contribution in [3.63, 3.8) is 0 Å². The number of nitrogens with zero attached hydrogens (tertiary/aromatic N) is 4. The largest absolute Gasteiger partial charge is 0.246 e. The lowest BCUT2D eigenvalue weighted by atomic mass is 10.1. The van der Waals surface area contributed by atoms with Gasteiger partial charge in [0, 0.05) is 24.1 Å². The average Bonchev–Trinajstić information content (AvgIpc) is 3.10. The third-order valence-electron chi connectivity index (χ3n) is 4.65. The van der Waals surface area contributed by atoms with Crippen LogP contribution in [0, 0.1) is 6.92 Å². The standard InChI is InChI=1S/C20H20N4O2S/c1-16-7-9-17(10-8-16)11-12-27(25,26)23-13-19(14-23)24-15-20(21-22-24)18-5-3-2-4-6-18/h2-12,15,19H,13-14H2,1H3. The maximum absolute atomic E-state index is 12.5. The highest BCUT2D eigenvalue weighted by molar-refractivity contribution is 7.92. The molecule has 0 N–H and O–H groups in total. The Kier molecular flexibility index (Phi) is 4.63. The third-order valence-corrected chi connectivity index (χ3v) is 6.15. The summed E-state index contributed by atoms with van der Waals surface area (Å²) in [6.07, 6.45) is 3.50. The van der Waals surface area contributed by atoms with Gasteiger partial charge in [-0.2, -0.15) is 4.31 Å². The van der Waals surface area contributed by atoms with Crippen LogP contribution in [0.25, 0.3) is 17.3 Å². The second kappa shape index (κ2) is 7.09. The summed E-state index contributed by atoms with van der Waals surface area (Å²) in [7, 11) is -3.43. The lowest BCUT2D eigenvalue weighted by molar-refractivity contribution is 0.191. The van der Waals surface area contributed by atoms with Crippen LogP contribution in [0.15, 0.2) is 66.2 Å². The van der Waals surface area contributed by atoms with Gasteiger partial charge in [-0.15, -0.1) is 5.10 Å². The highest BCUT2D eigenvalue weighted by atomic mass is 32.2. The van der Waals surface area contributed by atoms with E-state index in [2.05, 4.69) is 10.3 Å². The smallest absolute Gasteiger partial charge is 0.236 e. The molecule has 0 unspecified atom stereocenters. The first-order valence-electron chi connectivity index (χ1n) is 8.73. The van der Waals surface area contributed by atoms with Crippen LogP contribution in [0.2, 0.25) is 0 Å². The lowest BCUT2D eigenvalue weighted by Crippen LogP contribution is -2.50. The monoisotopic (exact) mass is 380 g/mol. The van der Waals surface area contributed by atoms with Crippen molar-refractivity contribution in [2.24, 2.45) is 0 Å². The van der Waals surface area contributed by atoms with Gasteiger partial charge in [-0.05, 0) is 18.6 Å². The molecule has 1 fully saturated rings. The molecule has 6 nitrogen and oxygen atoms in total. The number of hydrogen-bond acceptors (Lipinski definition) is 4. The second-order valence-electron chi connectivity index (χ2n) is 6.68. The lowest BCUT2D eigenvalue weighted by Gasteiger charge is -2.36. The first kappa shape index (κ1) is 17.6. The van der Waals surface area contributed by atoms with Crippen molar-refractivity contribution in [3.05, 3.63) is 77.3 Å². The minimum Gasteiger partial charge on any atom is -0.246 e. The van der Waals surface area contributed by atoms with E-state index in [1.165, 1.54) is 9.71 Å². The number of hydrogen-bond donors (Lipinski definition) is 0. The van der Waals surface area contributed by atoms with Gasteiger partial charge in [-0.25, -0.2) is 13.1 Å². The quantitative estimate of drug-likeness (QED) is 0.682. The van der Waals surface area contributed by atoms with E-state index in [4.69, 9.17) is 0 Å². The fourth-order valence-corrected chi connectivity index (χ4v) is 4.18. The number of sulfonamides is 1. The van der Waals surface area contributed by atoms with Crippen LogP contribution < -0.4 is 0 Å². The fourth-order valence-electron chi connectivity index (χ4n) is 2.92. The van der Waals surface area contributed by atoms with Gasteiger partial charge in [-0.3, -0.25) is 0 Å². The Labute approximate surface area is 158 Å². The highest BCUT2D eigenvalue weighted by Crippen LogP contribution is 2.26. The summed E-state index contributed by atoms with van der Waals surface area (Å²) in [6, 6.07) is 17.5. The van der Waals surface area contributed by atoms with E-state index in [0.29, 0.717) is 13.1 Å². The van der Waals surface area contributed by atoms with Crippen molar-refractivity contribution in [2.45, 2.75) is 13.0 Å². The summed E-state index contributed by atoms with van der Waals surface area (Å²) < 4.78 is 28.1. The molecule has 2 aromatic carbocycles. The molecule has 0 saturated carbocycles. The minimum absolute atomic E-state index is 0.0116. The molecule has 0 bridgehead atoms. The van der Waals surface area contributed by atoms with E-state index >= 15 is 0 Å². The van der Waals surface area contributed by atoms with Crippen LogP contribution in [0.4, 0.5) is 0 Å². The van der Waals surface area contributed by atoms with E-state index in [-0.39, 0.29) is 6.04 Å². The molecule has 1 aromatic heterocycles. The van der Waals surface area contributed by atoms with Crippen molar-refractivity contribution in [3.8, 4) is 11.3 Å². The van der Waals surface area contributed by atoms with Crippen molar-refractivity contribution in [1.82, 2.24) is 19.3 Å². The molecule has 1 aliphatic rings. The third kappa shape index (κ3) is 3.84. The van der Waals surface area contributed by atoms with Gasteiger partial charge in [0.2, 0.25) is 10.0 Å². The summed E-state index contributed by atoms with van der Waals surface area (Å²) in [6.45, 7) is 2.80. The van der Waals surface area contributed by atoms with Crippen molar-refractivity contribution < 1.29 is 8.42 Å². The predicted octanol–water partition coefficient (Wildman–Crippen LogP) is 3.11. The van der Waals surface area contributed by atoms with Crippen molar-refractivity contribution >= 4 is 16.1 Å². The highest BCUT2D eigenvalue weighted by Gasteiger charge is 2.36. The zero-order valence-corrected chi connectivity index (χ0v) is 15.7. The molecule has 3 aromatic rings. The van der Waals surface area contributed by atoms with Crippen LogP contribution >= 0.6 is 0 Å². The zero-order valence-electron chi connectivity index (χ0n) is 14.9. The number of rotatable bonds is 5. The first-order chi connectivity index (χ1) is 13.0. The Morgan fingerprint density at radius 1 is 1.04 bits per heavy atom. The molecule has 0 radical (unpaired) electrons. The number of aryl methyl sites for hydroxylation is 1. The molecule has 27 heavy (non-hydrogen) atoms. The SMILES string of the molecule is Cc1ccc(C=CS(=O)(=O)N2CC(n3cc(-c4ccccc4)nn3)C2)cc1. The molecule has 0 atom stereocenters. The molecule has 138 valence electrons. The summed E-state index contributed by atoms with van der Waals surface area (Å²) in [4.78, 5) is 0. The van der Waals surface area contributed by atoms with E-state index in [1.807, 2.05) is 67.7 Å². The summed E-state index contributed by atoms with van der Waals surface area (Å²) in [5.74, 6) is 0. The molecular weight excluding hydrogens is 360 g/mol. The van der Waals surface area contributed by atoms with Crippen LogP contribution in [0.1, 0.15) is 17.2 Å². The predicted molar refractivity (Wildman–Crippen MR) is 105 cm³/mol. The van der Waals surface area contributed by atoms with Crippen molar-refractivity contribution in [2.75, 3.05) is 13.1 Å². The Morgan fingerprint density at radius 2 is 1.74 bits per heavy atom. The summed E-state index contributed by atoms with van der Waals surface area (Å²) >= 11 is 0. The number of benzene rings is 2. The Bertz CT molecular complexity index is 1050. The maximum Gasteiger partial charge on any atom is 0.236 e. The fraction of sp³-hybridized carbons (Fsp3) is 0.200. The second-order valence-corrected chi connectivity index (χ2v) is 8.50. The maximum atomic E-state index is 12.5. The van der Waals surface area contributed by atoms with Crippen LogP contribution in [-0.2, 0) is 10.0 Å². The van der Waals surface area contributed by atoms with Gasteiger partial charge in [0.1, 0.15) is 5.69 Å². The van der Waals surface area contributed by atoms with E-state index in [0.717, 1.165) is 22.4 Å². The zero-order chi connectivity index (χ0) is 18.9. The van der Waals surface area contributed by atoms with Gasteiger partial charge in [-0.1, -0.05) is 65.4 Å². The van der Waals surface area contributed by atoms with Gasteiger partial charge in [0.25, 0.3) is 0 Å². The Hall–Kier alpha value is -2.77. The van der Waals surface area contributed by atoms with E-state index in [9.17, 15) is 8.42 Å². The van der Waals surface area contributed by atoms with E-state index in [1.54, 1.807) is 10.8 Å².